The van der Waals surface area contributed by atoms with Crippen LogP contribution in [0.3, 0.4) is 0 Å². The molecule has 0 heterocycles. The Labute approximate surface area is 85.4 Å². The molecule has 84 valence electrons. The van der Waals surface area contributed by atoms with E-state index in [0.29, 0.717) is 0 Å². The fraction of sp³-hybridized carbons (Fsp3) is 0.667. The fourth-order valence-corrected chi connectivity index (χ4v) is 1.16. The van der Waals surface area contributed by atoms with Crippen LogP contribution in [-0.4, -0.2) is 30.7 Å². The summed E-state index contributed by atoms with van der Waals surface area (Å²) in [6.07, 6.45) is 0.445. The third-order valence-corrected chi connectivity index (χ3v) is 2.18. The number of rotatable bonds is 4. The molecule has 0 saturated heterocycles. The van der Waals surface area contributed by atoms with E-state index in [1.165, 1.54) is 0 Å². The van der Waals surface area contributed by atoms with E-state index in [-0.39, 0.29) is 25.9 Å². The summed E-state index contributed by atoms with van der Waals surface area (Å²) in [5.74, 6) is 1.54. The molecule has 1 amide bonds. The van der Waals surface area contributed by atoms with Gasteiger partial charge in [0, 0.05) is 0 Å². The van der Waals surface area contributed by atoms with Crippen molar-refractivity contribution in [2.75, 3.05) is 13.1 Å². The Morgan fingerprint density at radius 2 is 2.07 bits per heavy atom. The summed E-state index contributed by atoms with van der Waals surface area (Å²) in [6.45, 7) is -0.0333. The zero-order valence-corrected chi connectivity index (χ0v) is 7.95. The van der Waals surface area contributed by atoms with Gasteiger partial charge in [0.25, 0.3) is 0 Å². The fourth-order valence-electron chi connectivity index (χ4n) is 1.16. The highest BCUT2D eigenvalue weighted by Gasteiger charge is 2.64. The lowest BCUT2D eigenvalue weighted by atomic mass is 10.2. The normalized spacial score (nSPS) is 18.0. The lowest BCUT2D eigenvalue weighted by Crippen LogP contribution is -2.50. The molecule has 0 aromatic carbocycles. The van der Waals surface area contributed by atoms with E-state index in [1.54, 1.807) is 0 Å². The summed E-state index contributed by atoms with van der Waals surface area (Å²) in [6, 6.07) is 0. The Kier molecular flexibility index (Phi) is 3.25. The molecule has 1 fully saturated rings. The van der Waals surface area contributed by atoms with Gasteiger partial charge in [-0.2, -0.15) is 13.2 Å². The maximum atomic E-state index is 12.4. The van der Waals surface area contributed by atoms with Crippen LogP contribution in [0.1, 0.15) is 12.8 Å². The van der Waals surface area contributed by atoms with Gasteiger partial charge >= 0.3 is 6.18 Å². The Hall–Kier alpha value is -1.22. The molecule has 1 saturated carbocycles. The predicted molar refractivity (Wildman–Crippen MR) is 47.9 cm³/mol. The second-order valence-electron chi connectivity index (χ2n) is 3.44. The summed E-state index contributed by atoms with van der Waals surface area (Å²) in [5.41, 5.74) is -1.98. The lowest BCUT2D eigenvalue weighted by Gasteiger charge is -2.20. The van der Waals surface area contributed by atoms with Crippen LogP contribution in [-0.2, 0) is 4.79 Å². The molecule has 0 unspecified atom stereocenters. The zero-order chi connectivity index (χ0) is 11.5. The first kappa shape index (κ1) is 11.9. The van der Waals surface area contributed by atoms with E-state index in [9.17, 15) is 18.0 Å². The maximum Gasteiger partial charge on any atom is 0.411 e. The Bertz CT molecular complexity index is 289. The molecule has 0 radical (unpaired) electrons. The molecule has 2 N–H and O–H groups in total. The number of halogens is 3. The minimum absolute atomic E-state index is 0.0443. The first-order valence-corrected chi connectivity index (χ1v) is 4.43. The smallest absolute Gasteiger partial charge is 0.341 e. The Morgan fingerprint density at radius 3 is 2.47 bits per heavy atom. The van der Waals surface area contributed by atoms with Gasteiger partial charge in [-0.05, 0) is 12.8 Å². The van der Waals surface area contributed by atoms with Crippen molar-refractivity contribution in [2.24, 2.45) is 0 Å². The van der Waals surface area contributed by atoms with Gasteiger partial charge in [-0.25, -0.2) is 0 Å². The summed E-state index contributed by atoms with van der Waals surface area (Å²) in [4.78, 5) is 11.1. The molecule has 0 bridgehead atoms. The van der Waals surface area contributed by atoms with Gasteiger partial charge in [0.1, 0.15) is 5.54 Å². The zero-order valence-electron chi connectivity index (χ0n) is 7.95. The number of alkyl halides is 3. The van der Waals surface area contributed by atoms with E-state index in [0.717, 1.165) is 0 Å². The summed E-state index contributed by atoms with van der Waals surface area (Å²) in [5, 5.41) is 4.49. The molecular weight excluding hydrogens is 209 g/mol. The highest BCUT2D eigenvalue weighted by Crippen LogP contribution is 2.48. The third-order valence-electron chi connectivity index (χ3n) is 2.18. The molecule has 0 spiro atoms. The highest BCUT2D eigenvalue weighted by atomic mass is 19.4. The van der Waals surface area contributed by atoms with Crippen LogP contribution in [0.25, 0.3) is 0 Å². The largest absolute Gasteiger partial charge is 0.411 e. The SMILES string of the molecule is C#CCNCC(=O)NC1(C(F)(F)F)CC1. The van der Waals surface area contributed by atoms with Crippen molar-refractivity contribution in [1.29, 1.82) is 0 Å². The van der Waals surface area contributed by atoms with Gasteiger partial charge < -0.3 is 5.32 Å². The van der Waals surface area contributed by atoms with E-state index in [2.05, 4.69) is 11.2 Å². The predicted octanol–water partition coefficient (Wildman–Crippen LogP) is 0.420. The first-order chi connectivity index (χ1) is 6.91. The molecule has 3 nitrogen and oxygen atoms in total. The van der Waals surface area contributed by atoms with Gasteiger partial charge in [-0.1, -0.05) is 5.92 Å². The van der Waals surface area contributed by atoms with Crippen molar-refractivity contribution >= 4 is 5.91 Å². The van der Waals surface area contributed by atoms with Crippen LogP contribution in [0.2, 0.25) is 0 Å². The molecule has 0 aliphatic heterocycles. The van der Waals surface area contributed by atoms with Gasteiger partial charge in [-0.3, -0.25) is 10.1 Å². The van der Waals surface area contributed by atoms with E-state index < -0.39 is 17.6 Å². The maximum absolute atomic E-state index is 12.4. The first-order valence-electron chi connectivity index (χ1n) is 4.43. The minimum atomic E-state index is -4.37. The van der Waals surface area contributed by atoms with Crippen LogP contribution in [0.5, 0.6) is 0 Å². The molecule has 1 aliphatic rings. The van der Waals surface area contributed by atoms with E-state index in [1.807, 2.05) is 5.32 Å². The van der Waals surface area contributed by atoms with Crippen LogP contribution in [0.4, 0.5) is 13.2 Å². The Balaban J connectivity index is 2.36. The molecule has 0 aromatic heterocycles. The number of hydrogen-bond donors (Lipinski definition) is 2. The Morgan fingerprint density at radius 1 is 1.47 bits per heavy atom. The highest BCUT2D eigenvalue weighted by molar-refractivity contribution is 5.79. The number of carbonyl (C=O) groups is 1. The molecule has 0 atom stereocenters. The molecular formula is C9H11F3N2O. The quantitative estimate of drug-likeness (QED) is 0.532. The molecule has 0 aromatic rings. The van der Waals surface area contributed by atoms with Crippen molar-refractivity contribution in [1.82, 2.24) is 10.6 Å². The second kappa shape index (κ2) is 4.11. The monoisotopic (exact) mass is 220 g/mol. The number of nitrogens with one attached hydrogen (secondary N) is 2. The van der Waals surface area contributed by atoms with Gasteiger partial charge in [0.05, 0.1) is 13.1 Å². The second-order valence-corrected chi connectivity index (χ2v) is 3.44. The van der Waals surface area contributed by atoms with Crippen molar-refractivity contribution < 1.29 is 18.0 Å². The molecule has 1 rings (SSSR count). The number of amides is 1. The minimum Gasteiger partial charge on any atom is -0.341 e. The summed E-state index contributed by atoms with van der Waals surface area (Å²) < 4.78 is 37.1. The summed E-state index contributed by atoms with van der Waals surface area (Å²) >= 11 is 0. The van der Waals surface area contributed by atoms with Gasteiger partial charge in [0.2, 0.25) is 5.91 Å². The number of terminal acetylenes is 1. The van der Waals surface area contributed by atoms with E-state index >= 15 is 0 Å². The molecule has 1 aliphatic carbocycles. The van der Waals surface area contributed by atoms with Crippen LogP contribution in [0.15, 0.2) is 0 Å². The van der Waals surface area contributed by atoms with Gasteiger partial charge in [0.15, 0.2) is 0 Å². The lowest BCUT2D eigenvalue weighted by molar-refractivity contribution is -0.170. The van der Waals surface area contributed by atoms with Crippen LogP contribution >= 0.6 is 0 Å². The standard InChI is InChI=1S/C9H11F3N2O/c1-2-5-13-6-7(15)14-8(3-4-8)9(10,11)12/h1,13H,3-6H2,(H,14,15). The average Bonchev–Trinajstić information content (AvgIpc) is 2.84. The molecule has 15 heavy (non-hydrogen) atoms. The molecule has 6 heteroatoms. The number of carbonyl (C=O) groups excluding carboxylic acids is 1. The van der Waals surface area contributed by atoms with Crippen LogP contribution in [0, 0.1) is 12.3 Å². The van der Waals surface area contributed by atoms with Crippen molar-refractivity contribution in [3.8, 4) is 12.3 Å². The average molecular weight is 220 g/mol. The topological polar surface area (TPSA) is 41.1 Å². The third kappa shape index (κ3) is 2.86. The van der Waals surface area contributed by atoms with E-state index in [4.69, 9.17) is 6.42 Å². The number of hydrogen-bond acceptors (Lipinski definition) is 2. The van der Waals surface area contributed by atoms with Crippen LogP contribution < -0.4 is 10.6 Å². The summed E-state index contributed by atoms with van der Waals surface area (Å²) in [7, 11) is 0. The van der Waals surface area contributed by atoms with Crippen molar-refractivity contribution in [3.05, 3.63) is 0 Å². The van der Waals surface area contributed by atoms with Gasteiger partial charge in [-0.15, -0.1) is 6.42 Å². The van der Waals surface area contributed by atoms with Crippen molar-refractivity contribution in [2.45, 2.75) is 24.6 Å². The van der Waals surface area contributed by atoms with Crippen molar-refractivity contribution in [3.63, 3.8) is 0 Å².